The van der Waals surface area contributed by atoms with E-state index in [1.54, 1.807) is 0 Å². The summed E-state index contributed by atoms with van der Waals surface area (Å²) in [4.78, 5) is 10.1. The van der Waals surface area contributed by atoms with E-state index in [1.807, 2.05) is 5.32 Å². The van der Waals surface area contributed by atoms with Gasteiger partial charge < -0.3 is 10.4 Å². The van der Waals surface area contributed by atoms with Crippen LogP contribution in [0.1, 0.15) is 6.92 Å². The van der Waals surface area contributed by atoms with Crippen molar-refractivity contribution in [3.8, 4) is 0 Å². The molecule has 1 atom stereocenters. The monoisotopic (exact) mass is 102 g/mol. The van der Waals surface area contributed by atoms with Crippen LogP contribution in [0.3, 0.4) is 0 Å². The van der Waals surface area contributed by atoms with Crippen molar-refractivity contribution in [2.24, 2.45) is 0 Å². The lowest BCUT2D eigenvalue weighted by atomic mass is 10.4. The first-order valence-electron chi connectivity index (χ1n) is 1.93. The normalized spacial score (nSPS) is 13.0. The maximum Gasteiger partial charge on any atom is 0.248 e. The van der Waals surface area contributed by atoms with E-state index in [0.717, 1.165) is 0 Å². The molecule has 3 heteroatoms. The van der Waals surface area contributed by atoms with Crippen molar-refractivity contribution >= 4 is 5.91 Å². The summed E-state index contributed by atoms with van der Waals surface area (Å²) in [6.07, 6.45) is -0.947. The molecule has 0 fully saturated rings. The van der Waals surface area contributed by atoms with E-state index in [-0.39, 0.29) is 0 Å². The van der Waals surface area contributed by atoms with Crippen LogP contribution in [0, 0.1) is 7.05 Å². The highest BCUT2D eigenvalue weighted by molar-refractivity contribution is 5.80. The van der Waals surface area contributed by atoms with Gasteiger partial charge in [-0.25, -0.2) is 0 Å². The summed E-state index contributed by atoms with van der Waals surface area (Å²) in [6, 6.07) is 0. The molecule has 0 aliphatic rings. The number of carbonyl (C=O) groups is 1. The summed E-state index contributed by atoms with van der Waals surface area (Å²) in [5.41, 5.74) is 0. The van der Waals surface area contributed by atoms with Gasteiger partial charge in [-0.15, -0.1) is 0 Å². The second kappa shape index (κ2) is 2.58. The number of hydrogen-bond acceptors (Lipinski definition) is 2. The largest absolute Gasteiger partial charge is 0.384 e. The molecule has 0 aromatic carbocycles. The average Bonchev–Trinajstić information content (AvgIpc) is 1.65. The summed E-state index contributed by atoms with van der Waals surface area (Å²) < 4.78 is 0. The second-order valence-electron chi connectivity index (χ2n) is 1.22. The van der Waals surface area contributed by atoms with Crippen LogP contribution in [-0.2, 0) is 4.79 Å². The third kappa shape index (κ3) is 2.17. The molecule has 0 heterocycles. The van der Waals surface area contributed by atoms with Gasteiger partial charge in [0.25, 0.3) is 0 Å². The molecule has 0 saturated carbocycles. The Kier molecular flexibility index (Phi) is 2.37. The highest BCUT2D eigenvalue weighted by Gasteiger charge is 2.02. The van der Waals surface area contributed by atoms with Gasteiger partial charge in [0.2, 0.25) is 5.91 Å². The Labute approximate surface area is 42.3 Å². The third-order valence-corrected chi connectivity index (χ3v) is 0.554. The predicted molar refractivity (Wildman–Crippen MR) is 25.2 cm³/mol. The van der Waals surface area contributed by atoms with Gasteiger partial charge in [0.05, 0.1) is 0 Å². The Morgan fingerprint density at radius 2 is 2.43 bits per heavy atom. The maximum atomic E-state index is 10.1. The molecule has 1 radical (unpaired) electrons. The minimum atomic E-state index is -0.947. The van der Waals surface area contributed by atoms with Crippen molar-refractivity contribution in [1.82, 2.24) is 5.32 Å². The first-order valence-corrected chi connectivity index (χ1v) is 1.93. The summed E-state index contributed by atoms with van der Waals surface area (Å²) in [6.45, 7) is 1.38. The van der Waals surface area contributed by atoms with Gasteiger partial charge in [-0.3, -0.25) is 4.79 Å². The zero-order valence-electron chi connectivity index (χ0n) is 4.14. The van der Waals surface area contributed by atoms with Crippen LogP contribution < -0.4 is 5.32 Å². The van der Waals surface area contributed by atoms with Crippen molar-refractivity contribution in [2.75, 3.05) is 0 Å². The lowest BCUT2D eigenvalue weighted by Gasteiger charge is -1.97. The zero-order valence-corrected chi connectivity index (χ0v) is 4.14. The standard InChI is InChI=1S/C4H8NO2/c1-3(6)4(7)5-2/h3,6H,2H2,1H3,(H,5,7). The van der Waals surface area contributed by atoms with E-state index in [2.05, 4.69) is 7.05 Å². The van der Waals surface area contributed by atoms with Crippen LogP contribution >= 0.6 is 0 Å². The van der Waals surface area contributed by atoms with E-state index < -0.39 is 12.0 Å². The minimum Gasteiger partial charge on any atom is -0.384 e. The van der Waals surface area contributed by atoms with Crippen LogP contribution in [-0.4, -0.2) is 17.1 Å². The Hall–Kier alpha value is -0.570. The predicted octanol–water partition coefficient (Wildman–Crippen LogP) is -0.725. The molecule has 0 spiro atoms. The van der Waals surface area contributed by atoms with Crippen LogP contribution in [0.4, 0.5) is 0 Å². The molecule has 1 amide bonds. The van der Waals surface area contributed by atoms with Gasteiger partial charge in [-0.05, 0) is 6.92 Å². The molecule has 2 N–H and O–H groups in total. The number of carbonyl (C=O) groups excluding carboxylic acids is 1. The van der Waals surface area contributed by atoms with E-state index in [4.69, 9.17) is 5.11 Å². The maximum absolute atomic E-state index is 10.1. The Morgan fingerprint density at radius 3 is 2.43 bits per heavy atom. The average molecular weight is 102 g/mol. The molecular formula is C4H8NO2. The fourth-order valence-electron chi connectivity index (χ4n) is 0.148. The van der Waals surface area contributed by atoms with E-state index in [1.165, 1.54) is 6.92 Å². The van der Waals surface area contributed by atoms with Crippen molar-refractivity contribution in [3.63, 3.8) is 0 Å². The van der Waals surface area contributed by atoms with Crippen LogP contribution in [0.5, 0.6) is 0 Å². The molecule has 3 nitrogen and oxygen atoms in total. The molecule has 0 bridgehead atoms. The first-order chi connectivity index (χ1) is 3.18. The number of hydrogen-bond donors (Lipinski definition) is 2. The molecule has 41 valence electrons. The Morgan fingerprint density at radius 1 is 2.00 bits per heavy atom. The molecule has 0 saturated heterocycles. The fraction of sp³-hybridized carbons (Fsp3) is 0.500. The Bertz CT molecular complexity index is 70.1. The van der Waals surface area contributed by atoms with Gasteiger partial charge in [0.15, 0.2) is 0 Å². The topological polar surface area (TPSA) is 49.3 Å². The number of aliphatic hydroxyl groups is 1. The smallest absolute Gasteiger partial charge is 0.248 e. The second-order valence-corrected chi connectivity index (χ2v) is 1.22. The summed E-state index contributed by atoms with van der Waals surface area (Å²) in [5.74, 6) is -0.458. The zero-order chi connectivity index (χ0) is 5.86. The number of amides is 1. The number of rotatable bonds is 1. The van der Waals surface area contributed by atoms with Gasteiger partial charge in [0, 0.05) is 7.05 Å². The minimum absolute atomic E-state index is 0.458. The van der Waals surface area contributed by atoms with Crippen molar-refractivity contribution in [3.05, 3.63) is 7.05 Å². The lowest BCUT2D eigenvalue weighted by molar-refractivity contribution is -0.127. The van der Waals surface area contributed by atoms with Gasteiger partial charge in [-0.2, -0.15) is 0 Å². The molecule has 0 aromatic heterocycles. The van der Waals surface area contributed by atoms with Crippen LogP contribution in [0.15, 0.2) is 0 Å². The van der Waals surface area contributed by atoms with Gasteiger partial charge in [-0.1, -0.05) is 0 Å². The lowest BCUT2D eigenvalue weighted by Crippen LogP contribution is -2.27. The molecule has 0 rings (SSSR count). The van der Waals surface area contributed by atoms with E-state index in [0.29, 0.717) is 0 Å². The SMILES string of the molecule is [CH2]NC(=O)C(C)O. The molecule has 7 heavy (non-hydrogen) atoms. The molecule has 0 aliphatic carbocycles. The van der Waals surface area contributed by atoms with Crippen molar-refractivity contribution in [2.45, 2.75) is 13.0 Å². The van der Waals surface area contributed by atoms with Gasteiger partial charge >= 0.3 is 0 Å². The summed E-state index contributed by atoms with van der Waals surface area (Å²) in [5, 5.41) is 10.4. The summed E-state index contributed by atoms with van der Waals surface area (Å²) in [7, 11) is 3.05. The Balaban J connectivity index is 3.35. The fourth-order valence-corrected chi connectivity index (χ4v) is 0.148. The third-order valence-electron chi connectivity index (χ3n) is 0.554. The molecule has 1 unspecified atom stereocenters. The van der Waals surface area contributed by atoms with Gasteiger partial charge in [0.1, 0.15) is 6.10 Å². The van der Waals surface area contributed by atoms with Crippen molar-refractivity contribution in [1.29, 1.82) is 0 Å². The highest BCUT2D eigenvalue weighted by Crippen LogP contribution is 1.74. The van der Waals surface area contributed by atoms with Crippen molar-refractivity contribution < 1.29 is 9.90 Å². The summed E-state index contributed by atoms with van der Waals surface area (Å²) >= 11 is 0. The molecular weight excluding hydrogens is 94.0 g/mol. The quantitative estimate of drug-likeness (QED) is 0.459. The van der Waals surface area contributed by atoms with Crippen LogP contribution in [0.2, 0.25) is 0 Å². The molecule has 0 aliphatic heterocycles. The molecule has 0 aromatic rings. The highest BCUT2D eigenvalue weighted by atomic mass is 16.3. The number of aliphatic hydroxyl groups excluding tert-OH is 1. The van der Waals surface area contributed by atoms with Crippen LogP contribution in [0.25, 0.3) is 0 Å². The first kappa shape index (κ1) is 6.43. The number of nitrogens with one attached hydrogen (secondary N) is 1. The van der Waals surface area contributed by atoms with E-state index >= 15 is 0 Å². The van der Waals surface area contributed by atoms with E-state index in [9.17, 15) is 4.79 Å².